The van der Waals surface area contributed by atoms with Gasteiger partial charge in [0.2, 0.25) is 0 Å². The molecule has 9 aromatic carbocycles. The Morgan fingerprint density at radius 1 is 0.374 bits per heavy atom. The van der Waals surface area contributed by atoms with E-state index in [1.54, 1.807) is 6.20 Å². The van der Waals surface area contributed by atoms with E-state index in [9.17, 15) is 0 Å². The largest absolute Gasteiger partial charge is 0.359 e. The summed E-state index contributed by atoms with van der Waals surface area (Å²) in [6.07, 6.45) is 31.0. The van der Waals surface area contributed by atoms with E-state index in [4.69, 9.17) is 78.3 Å². The minimum atomic E-state index is 0.455. The molecule has 0 aliphatic carbocycles. The summed E-state index contributed by atoms with van der Waals surface area (Å²) in [5.41, 5.74) is 19.1. The molecule has 0 bridgehead atoms. The number of aryl methyl sites for hydroxylation is 1. The number of aromatic nitrogens is 1. The van der Waals surface area contributed by atoms with Crippen LogP contribution in [-0.4, -0.2) is 103 Å². The number of nitrogens with zero attached hydrogens (tertiary/aromatic N) is 8. The van der Waals surface area contributed by atoms with Gasteiger partial charge in [0, 0.05) is 106 Å². The first-order valence-electron chi connectivity index (χ1n) is 40.9. The Labute approximate surface area is 716 Å². The second kappa shape index (κ2) is 44.8. The van der Waals surface area contributed by atoms with Crippen LogP contribution in [0.3, 0.4) is 0 Å². The summed E-state index contributed by atoms with van der Waals surface area (Å²) < 4.78 is 0. The Balaban J connectivity index is 0.000000128. The van der Waals surface area contributed by atoms with Gasteiger partial charge in [0.25, 0.3) is 0 Å². The molecule has 8 nitrogen and oxygen atoms in total. The SMILES string of the molecule is C=CCN1C(=S)CCC1c1ccccc1.CCCCCCN1C(=S)CCC1c1ccccc1.S=C1CC=C(c2ccccc2)N1CC1=Nc2ccccc2C1.S=C1CC=C(c2ccccc2)N1CCc1ccccc1.S=C1CC=C(c2ccccc2)N1Cc1cccnc1.S=C1CCC(c2ccccc2)N1CCCc1ccccc1. The smallest absolute Gasteiger partial charge is 0.0866 e. The first kappa shape index (κ1) is 84.5. The molecule has 7 aliphatic rings. The molecule has 0 spiro atoms. The second-order valence-electron chi connectivity index (χ2n) is 29.6. The summed E-state index contributed by atoms with van der Waals surface area (Å²) in [4.78, 5) is 29.2. The molecule has 10 aromatic rings. The molecular formula is C101H106N8S6. The Bertz CT molecular complexity index is 4910. The lowest BCUT2D eigenvalue weighted by Gasteiger charge is -2.27. The molecule has 0 radical (unpaired) electrons. The third kappa shape index (κ3) is 24.4. The van der Waals surface area contributed by atoms with Crippen LogP contribution in [0, 0.1) is 0 Å². The summed E-state index contributed by atoms with van der Waals surface area (Å²) in [6.45, 7) is 11.6. The summed E-state index contributed by atoms with van der Waals surface area (Å²) in [5.74, 6) is 0. The molecule has 14 heteroatoms. The van der Waals surface area contributed by atoms with Crippen LogP contribution in [0.15, 0.2) is 327 Å². The highest BCUT2D eigenvalue weighted by molar-refractivity contribution is 7.81. The number of pyridine rings is 1. The van der Waals surface area contributed by atoms with Gasteiger partial charge in [0.15, 0.2) is 0 Å². The van der Waals surface area contributed by atoms with E-state index in [0.29, 0.717) is 18.1 Å². The number of likely N-dealkylation sites (tertiary alicyclic amines) is 3. The summed E-state index contributed by atoms with van der Waals surface area (Å²) in [7, 11) is 0. The van der Waals surface area contributed by atoms with E-state index in [1.807, 2.05) is 42.6 Å². The van der Waals surface area contributed by atoms with Crippen molar-refractivity contribution in [3.63, 3.8) is 0 Å². The van der Waals surface area contributed by atoms with Crippen molar-refractivity contribution in [2.24, 2.45) is 4.99 Å². The van der Waals surface area contributed by atoms with Crippen LogP contribution in [-0.2, 0) is 25.8 Å². The number of rotatable bonds is 24. The molecule has 3 atom stereocenters. The average Bonchev–Trinajstić information content (AvgIpc) is 1.80. The van der Waals surface area contributed by atoms with Crippen LogP contribution in [0.5, 0.6) is 0 Å². The number of unbranched alkanes of at least 4 members (excludes halogenated alkanes) is 3. The first-order chi connectivity index (χ1) is 56.5. The van der Waals surface area contributed by atoms with Crippen molar-refractivity contribution in [1.29, 1.82) is 0 Å². The number of thiocarbonyl (C=S) groups is 6. The lowest BCUT2D eigenvalue weighted by molar-refractivity contribution is 0.337. The zero-order chi connectivity index (χ0) is 79.8. The minimum Gasteiger partial charge on any atom is -0.359 e. The van der Waals surface area contributed by atoms with Gasteiger partial charge in [-0.25, -0.2) is 0 Å². The fourth-order valence-corrected chi connectivity index (χ4v) is 17.6. The topological polar surface area (TPSA) is 44.7 Å². The average molecular weight is 1620 g/mol. The van der Waals surface area contributed by atoms with E-state index < -0.39 is 0 Å². The maximum atomic E-state index is 5.57. The predicted octanol–water partition coefficient (Wildman–Crippen LogP) is 25.2. The van der Waals surface area contributed by atoms with E-state index >= 15 is 0 Å². The van der Waals surface area contributed by atoms with Gasteiger partial charge in [-0.2, -0.15) is 0 Å². The Hall–Kier alpha value is -9.90. The molecule has 7 aliphatic heterocycles. The van der Waals surface area contributed by atoms with Crippen LogP contribution in [0.1, 0.15) is 171 Å². The van der Waals surface area contributed by atoms with Crippen LogP contribution in [0.25, 0.3) is 17.1 Å². The molecule has 115 heavy (non-hydrogen) atoms. The van der Waals surface area contributed by atoms with Crippen LogP contribution in [0.2, 0.25) is 0 Å². The third-order valence-corrected chi connectivity index (χ3v) is 24.2. The van der Waals surface area contributed by atoms with Crippen molar-refractivity contribution in [3.8, 4) is 0 Å². The van der Waals surface area contributed by atoms with Gasteiger partial charge < -0.3 is 29.4 Å². The van der Waals surface area contributed by atoms with Crippen molar-refractivity contribution < 1.29 is 0 Å². The lowest BCUT2D eigenvalue weighted by atomic mass is 10.0. The monoisotopic (exact) mass is 1620 g/mol. The van der Waals surface area contributed by atoms with Crippen LogP contribution < -0.4 is 0 Å². The number of aliphatic imine (C=N–C) groups is 1. The van der Waals surface area contributed by atoms with E-state index in [-0.39, 0.29) is 0 Å². The van der Waals surface area contributed by atoms with E-state index in [1.165, 1.54) is 116 Å². The molecule has 586 valence electrons. The van der Waals surface area contributed by atoms with Gasteiger partial charge in [-0.1, -0.05) is 391 Å². The van der Waals surface area contributed by atoms with Gasteiger partial charge >= 0.3 is 0 Å². The quantitative estimate of drug-likeness (QED) is 0.0328. The van der Waals surface area contributed by atoms with Gasteiger partial charge in [0.1, 0.15) is 0 Å². The molecule has 3 saturated heterocycles. The van der Waals surface area contributed by atoms with Crippen LogP contribution >= 0.6 is 73.3 Å². The number of hydrogen-bond acceptors (Lipinski definition) is 8. The molecule has 0 N–H and O–H groups in total. The molecule has 17 rings (SSSR count). The minimum absolute atomic E-state index is 0.455. The van der Waals surface area contributed by atoms with E-state index in [2.05, 4.69) is 315 Å². The third-order valence-electron chi connectivity index (χ3n) is 21.8. The first-order valence-corrected chi connectivity index (χ1v) is 43.4. The highest BCUT2D eigenvalue weighted by Gasteiger charge is 2.32. The summed E-state index contributed by atoms with van der Waals surface area (Å²) in [6, 6.07) is 98.6. The van der Waals surface area contributed by atoms with Crippen LogP contribution in [0.4, 0.5) is 5.69 Å². The molecule has 8 heterocycles. The van der Waals surface area contributed by atoms with Gasteiger partial charge in [-0.15, -0.1) is 6.58 Å². The lowest BCUT2D eigenvalue weighted by Crippen LogP contribution is -2.29. The standard InChI is InChI=1S/C19H16N2S.C19H21NS.C18H17NS.C16H14N2S.C16H23NS.C13H15NS/c22-19-11-10-18(14-6-2-1-3-7-14)21(19)13-16-12-15-8-4-5-9-17(15)20-16;21-19-14-13-18(17-11-5-2-6-12-17)20(19)15-7-10-16-8-3-1-4-9-16;20-18-12-11-17(16-9-5-2-6-10-16)19(18)14-13-15-7-3-1-4-8-15;19-16-9-8-15(14-6-2-1-3-7-14)18(16)12-13-5-4-10-17-11-13;1-2-3-4-8-13-17-15(11-12-16(17)18)14-9-6-5-7-10-14;1-2-10-14-12(8-9-13(14)15)11-6-4-3-5-7-11/h1-10H,11-13H2;1-6,8-9,11-12,18H,7,10,13-15H2;1-11H,12-14H2;1-8,10-11H,9,12H2;5-7,9-10,15H,2-4,8,11-13H2,1H3;2-7,12H,1,8-10H2. The Kier molecular flexibility index (Phi) is 32.9. The van der Waals surface area contributed by atoms with Crippen molar-refractivity contribution in [2.75, 3.05) is 32.7 Å². The van der Waals surface area contributed by atoms with Crippen molar-refractivity contribution in [3.05, 3.63) is 378 Å². The van der Waals surface area contributed by atoms with Gasteiger partial charge in [0.05, 0.1) is 66.8 Å². The maximum Gasteiger partial charge on any atom is 0.0866 e. The fraction of sp³-hybridized carbons (Fsp3) is 0.267. The second-order valence-corrected chi connectivity index (χ2v) is 32.4. The number of hydrogen-bond donors (Lipinski definition) is 0. The molecular weight excluding hydrogens is 1520 g/mol. The maximum absolute atomic E-state index is 5.57. The fourth-order valence-electron chi connectivity index (χ4n) is 15.9. The molecule has 0 saturated carbocycles. The summed E-state index contributed by atoms with van der Waals surface area (Å²) >= 11 is 33.0. The highest BCUT2D eigenvalue weighted by Crippen LogP contribution is 2.38. The number of fused-ring (bicyclic) bond motifs is 1. The van der Waals surface area contributed by atoms with Crippen molar-refractivity contribution in [1.82, 2.24) is 34.4 Å². The predicted molar refractivity (Wildman–Crippen MR) is 508 cm³/mol. The van der Waals surface area contributed by atoms with Crippen molar-refractivity contribution in [2.45, 2.75) is 141 Å². The molecule has 3 fully saturated rings. The zero-order valence-electron chi connectivity index (χ0n) is 66.3. The van der Waals surface area contributed by atoms with Crippen molar-refractivity contribution >= 4 is 132 Å². The zero-order valence-corrected chi connectivity index (χ0v) is 71.2. The molecule has 1 aromatic heterocycles. The van der Waals surface area contributed by atoms with E-state index in [0.717, 1.165) is 147 Å². The van der Waals surface area contributed by atoms with Gasteiger partial charge in [-0.05, 0) is 113 Å². The molecule has 0 amide bonds. The normalized spacial score (nSPS) is 17.2. The summed E-state index contributed by atoms with van der Waals surface area (Å²) in [5, 5.41) is 0. The van der Waals surface area contributed by atoms with Gasteiger partial charge in [-0.3, -0.25) is 9.98 Å². The highest BCUT2D eigenvalue weighted by atomic mass is 32.1. The Morgan fingerprint density at radius 3 is 1.22 bits per heavy atom. The number of benzene rings is 9. The molecule has 3 unspecified atom stereocenters. The Morgan fingerprint density at radius 2 is 0.765 bits per heavy atom. The number of para-hydroxylation sites is 1.